The molecule has 96 valence electrons. The minimum atomic E-state index is 0.553. The average molecular weight is 232 g/mol. The highest BCUT2D eigenvalue weighted by Crippen LogP contribution is 2.76. The van der Waals surface area contributed by atoms with Crippen molar-refractivity contribution in [2.45, 2.75) is 66.7 Å². The summed E-state index contributed by atoms with van der Waals surface area (Å²) in [6, 6.07) is 0. The Balaban J connectivity index is 2.15. The summed E-state index contributed by atoms with van der Waals surface area (Å²) < 4.78 is 0. The molecule has 0 aromatic heterocycles. The van der Waals surface area contributed by atoms with Gasteiger partial charge in [0.05, 0.1) is 0 Å². The molecule has 2 bridgehead atoms. The Hall–Kier alpha value is -0.260. The van der Waals surface area contributed by atoms with Crippen LogP contribution >= 0.6 is 0 Å². The maximum absolute atomic E-state index is 2.55. The van der Waals surface area contributed by atoms with Gasteiger partial charge in [0.25, 0.3) is 0 Å². The SMILES string of the molecule is CC=C1CCC(C)(C)C23CCC(C2)C(C)(C)C13. The summed E-state index contributed by atoms with van der Waals surface area (Å²) >= 11 is 0. The Morgan fingerprint density at radius 3 is 2.47 bits per heavy atom. The number of rotatable bonds is 0. The van der Waals surface area contributed by atoms with Crippen molar-refractivity contribution < 1.29 is 0 Å². The molecule has 0 N–H and O–H groups in total. The molecular formula is C17H28. The molecule has 0 heteroatoms. The molecule has 0 nitrogen and oxygen atoms in total. The fourth-order valence-electron chi connectivity index (χ4n) is 5.92. The van der Waals surface area contributed by atoms with Gasteiger partial charge in [-0.3, -0.25) is 0 Å². The van der Waals surface area contributed by atoms with Crippen LogP contribution in [0.3, 0.4) is 0 Å². The number of fused-ring (bicyclic) bond motifs is 1. The maximum Gasteiger partial charge on any atom is -0.00875 e. The second-order valence-electron chi connectivity index (χ2n) is 8.10. The highest BCUT2D eigenvalue weighted by atomic mass is 14.7. The van der Waals surface area contributed by atoms with E-state index in [1.807, 2.05) is 0 Å². The van der Waals surface area contributed by atoms with Crippen molar-refractivity contribution in [3.63, 3.8) is 0 Å². The average Bonchev–Trinajstić information content (AvgIpc) is 2.76. The maximum atomic E-state index is 2.55. The summed E-state index contributed by atoms with van der Waals surface area (Å²) in [5.41, 5.74) is 3.54. The number of hydrogen-bond donors (Lipinski definition) is 0. The standard InChI is InChI=1S/C17H28/c1-6-12-7-9-15(2,3)17-10-8-13(11-17)16(4,5)14(12)17/h6,13-14H,7-11H2,1-5H3. The first-order valence-electron chi connectivity index (χ1n) is 7.50. The van der Waals surface area contributed by atoms with Crippen LogP contribution in [0.4, 0.5) is 0 Å². The molecule has 0 radical (unpaired) electrons. The monoisotopic (exact) mass is 232 g/mol. The Bertz CT molecular complexity index is 371. The van der Waals surface area contributed by atoms with E-state index in [2.05, 4.69) is 40.7 Å². The van der Waals surface area contributed by atoms with Crippen molar-refractivity contribution in [1.82, 2.24) is 0 Å². The summed E-state index contributed by atoms with van der Waals surface area (Å²) in [6.07, 6.45) is 9.71. The Kier molecular flexibility index (Phi) is 2.22. The second-order valence-corrected chi connectivity index (χ2v) is 8.10. The Labute approximate surface area is 107 Å². The molecule has 0 saturated heterocycles. The van der Waals surface area contributed by atoms with Crippen molar-refractivity contribution in [1.29, 1.82) is 0 Å². The van der Waals surface area contributed by atoms with Gasteiger partial charge < -0.3 is 0 Å². The summed E-state index contributed by atoms with van der Waals surface area (Å²) in [4.78, 5) is 0. The van der Waals surface area contributed by atoms with E-state index in [1.54, 1.807) is 5.57 Å². The van der Waals surface area contributed by atoms with Gasteiger partial charge in [0.2, 0.25) is 0 Å². The van der Waals surface area contributed by atoms with E-state index < -0.39 is 0 Å². The van der Waals surface area contributed by atoms with Crippen LogP contribution in [0.1, 0.15) is 66.7 Å². The fourth-order valence-corrected chi connectivity index (χ4v) is 5.92. The van der Waals surface area contributed by atoms with Crippen molar-refractivity contribution >= 4 is 0 Å². The van der Waals surface area contributed by atoms with Gasteiger partial charge in [-0.25, -0.2) is 0 Å². The predicted octanol–water partition coefficient (Wildman–Crippen LogP) is 5.20. The summed E-state index contributed by atoms with van der Waals surface area (Å²) in [5, 5.41) is 0. The van der Waals surface area contributed by atoms with Crippen LogP contribution in [0.25, 0.3) is 0 Å². The molecule has 0 aliphatic heterocycles. The molecule has 0 amide bonds. The van der Waals surface area contributed by atoms with Crippen molar-refractivity contribution in [3.8, 4) is 0 Å². The summed E-state index contributed by atoms with van der Waals surface area (Å²) in [7, 11) is 0. The Morgan fingerprint density at radius 2 is 1.82 bits per heavy atom. The topological polar surface area (TPSA) is 0 Å². The molecule has 3 aliphatic rings. The van der Waals surface area contributed by atoms with E-state index in [1.165, 1.54) is 32.1 Å². The van der Waals surface area contributed by atoms with Crippen LogP contribution in [0.15, 0.2) is 11.6 Å². The first-order valence-corrected chi connectivity index (χ1v) is 7.50. The number of hydrogen-bond acceptors (Lipinski definition) is 0. The minimum Gasteiger partial charge on any atom is -0.0881 e. The first-order chi connectivity index (χ1) is 7.85. The van der Waals surface area contributed by atoms with Crippen molar-refractivity contribution in [2.24, 2.45) is 28.1 Å². The number of allylic oxidation sites excluding steroid dienone is 2. The molecule has 3 saturated carbocycles. The molecule has 3 atom stereocenters. The van der Waals surface area contributed by atoms with Gasteiger partial charge in [0.1, 0.15) is 0 Å². The third-order valence-corrected chi connectivity index (χ3v) is 7.03. The largest absolute Gasteiger partial charge is 0.0881 e. The molecular weight excluding hydrogens is 204 g/mol. The lowest BCUT2D eigenvalue weighted by molar-refractivity contribution is -0.0336. The highest BCUT2D eigenvalue weighted by Gasteiger charge is 2.68. The normalized spacial score (nSPS) is 48.4. The van der Waals surface area contributed by atoms with Gasteiger partial charge in [0.15, 0.2) is 0 Å². The summed E-state index contributed by atoms with van der Waals surface area (Å²) in [5.74, 6) is 1.86. The van der Waals surface area contributed by atoms with Crippen LogP contribution in [0.2, 0.25) is 0 Å². The lowest BCUT2D eigenvalue weighted by Gasteiger charge is -2.57. The zero-order valence-corrected chi connectivity index (χ0v) is 12.3. The quantitative estimate of drug-likeness (QED) is 0.504. The zero-order chi connectivity index (χ0) is 12.5. The smallest absolute Gasteiger partial charge is 0.00875 e. The second kappa shape index (κ2) is 3.19. The first kappa shape index (κ1) is 11.8. The van der Waals surface area contributed by atoms with Crippen LogP contribution in [-0.2, 0) is 0 Å². The van der Waals surface area contributed by atoms with Crippen LogP contribution in [0, 0.1) is 28.1 Å². The van der Waals surface area contributed by atoms with Gasteiger partial charge in [0, 0.05) is 0 Å². The van der Waals surface area contributed by atoms with E-state index in [0.29, 0.717) is 16.2 Å². The van der Waals surface area contributed by atoms with Crippen molar-refractivity contribution in [3.05, 3.63) is 11.6 Å². The van der Waals surface area contributed by atoms with Gasteiger partial charge in [-0.15, -0.1) is 0 Å². The van der Waals surface area contributed by atoms with Gasteiger partial charge in [-0.2, -0.15) is 0 Å². The molecule has 17 heavy (non-hydrogen) atoms. The van der Waals surface area contributed by atoms with Crippen LogP contribution < -0.4 is 0 Å². The van der Waals surface area contributed by atoms with E-state index >= 15 is 0 Å². The molecule has 0 aromatic carbocycles. The molecule has 0 heterocycles. The lowest BCUT2D eigenvalue weighted by atomic mass is 9.48. The van der Waals surface area contributed by atoms with Crippen molar-refractivity contribution in [2.75, 3.05) is 0 Å². The lowest BCUT2D eigenvalue weighted by Crippen LogP contribution is -2.49. The van der Waals surface area contributed by atoms with Crippen LogP contribution in [-0.4, -0.2) is 0 Å². The Morgan fingerprint density at radius 1 is 1.12 bits per heavy atom. The predicted molar refractivity (Wildman–Crippen MR) is 73.8 cm³/mol. The molecule has 3 rings (SSSR count). The summed E-state index contributed by atoms with van der Waals surface area (Å²) in [6.45, 7) is 12.5. The van der Waals surface area contributed by atoms with E-state index in [9.17, 15) is 0 Å². The van der Waals surface area contributed by atoms with Crippen LogP contribution in [0.5, 0.6) is 0 Å². The zero-order valence-electron chi connectivity index (χ0n) is 12.3. The molecule has 3 unspecified atom stereocenters. The van der Waals surface area contributed by atoms with Gasteiger partial charge in [-0.05, 0) is 67.1 Å². The highest BCUT2D eigenvalue weighted by molar-refractivity contribution is 5.28. The third kappa shape index (κ3) is 1.20. The van der Waals surface area contributed by atoms with Gasteiger partial charge >= 0.3 is 0 Å². The third-order valence-electron chi connectivity index (χ3n) is 7.03. The molecule has 0 aromatic rings. The minimum absolute atomic E-state index is 0.553. The van der Waals surface area contributed by atoms with E-state index in [-0.39, 0.29) is 0 Å². The molecule has 3 aliphatic carbocycles. The molecule has 3 fully saturated rings. The van der Waals surface area contributed by atoms with Gasteiger partial charge in [-0.1, -0.05) is 39.3 Å². The van der Waals surface area contributed by atoms with E-state index in [0.717, 1.165) is 11.8 Å². The van der Waals surface area contributed by atoms with E-state index in [4.69, 9.17) is 0 Å². The fraction of sp³-hybridized carbons (Fsp3) is 0.882. The molecule has 1 spiro atoms.